The van der Waals surface area contributed by atoms with Crippen molar-refractivity contribution in [1.82, 2.24) is 25.1 Å². The normalized spacial score (nSPS) is 16.3. The molecule has 1 N–H and O–H groups in total. The fourth-order valence-corrected chi connectivity index (χ4v) is 3.05. The Balaban J connectivity index is 1.72. The van der Waals surface area contributed by atoms with Gasteiger partial charge < -0.3 is 4.90 Å². The monoisotopic (exact) mass is 327 g/mol. The predicted octanol–water partition coefficient (Wildman–Crippen LogP) is 1.44. The quantitative estimate of drug-likeness (QED) is 0.923. The Hall–Kier alpha value is -2.18. The highest BCUT2D eigenvalue weighted by molar-refractivity contribution is 5.96. The number of nitrogens with one attached hydrogen (secondary N) is 1. The van der Waals surface area contributed by atoms with Crippen molar-refractivity contribution in [2.24, 2.45) is 0 Å². The zero-order chi connectivity index (χ0) is 17.1. The van der Waals surface area contributed by atoms with E-state index in [0.717, 1.165) is 37.6 Å². The molecule has 0 radical (unpaired) electrons. The Morgan fingerprint density at radius 2 is 1.79 bits per heavy atom. The number of carbonyl (C=O) groups excluding carboxylic acids is 1. The maximum atomic E-state index is 12.7. The summed E-state index contributed by atoms with van der Waals surface area (Å²) >= 11 is 0. The smallest absolute Gasteiger partial charge is 0.269 e. The largest absolute Gasteiger partial charge is 0.304 e. The molecule has 0 unspecified atom stereocenters. The van der Waals surface area contributed by atoms with Gasteiger partial charge in [0.05, 0.1) is 17.8 Å². The summed E-state index contributed by atoms with van der Waals surface area (Å²) in [6, 6.07) is 10.2. The van der Waals surface area contributed by atoms with Gasteiger partial charge in [-0.25, -0.2) is 5.01 Å². The molecule has 3 rings (SSSR count). The van der Waals surface area contributed by atoms with Gasteiger partial charge in [-0.15, -0.1) is 0 Å². The number of benzene rings is 1. The molecule has 2 aromatic rings. The fraction of sp³-hybridized carbons (Fsp3) is 0.444. The second kappa shape index (κ2) is 7.15. The molecular weight excluding hydrogens is 302 g/mol. The molecule has 0 saturated carbocycles. The van der Waals surface area contributed by atoms with Gasteiger partial charge in [-0.1, -0.05) is 30.3 Å². The molecule has 1 aliphatic rings. The van der Waals surface area contributed by atoms with Crippen LogP contribution in [0.2, 0.25) is 0 Å². The number of hydrogen-bond acceptors (Lipinski definition) is 4. The molecule has 0 bridgehead atoms. The minimum absolute atomic E-state index is 0.0612. The van der Waals surface area contributed by atoms with Crippen molar-refractivity contribution in [3.05, 3.63) is 52.8 Å². The second-order valence-corrected chi connectivity index (χ2v) is 6.42. The second-order valence-electron chi connectivity index (χ2n) is 6.42. The maximum absolute atomic E-state index is 12.7. The van der Waals surface area contributed by atoms with Crippen LogP contribution in [0.15, 0.2) is 30.3 Å². The zero-order valence-electron chi connectivity index (χ0n) is 14.6. The van der Waals surface area contributed by atoms with E-state index in [9.17, 15) is 4.79 Å². The van der Waals surface area contributed by atoms with Crippen LogP contribution in [0.3, 0.4) is 0 Å². The molecular formula is C18H25N5O. The van der Waals surface area contributed by atoms with Crippen LogP contribution < -0.4 is 5.43 Å². The van der Waals surface area contributed by atoms with E-state index in [4.69, 9.17) is 0 Å². The van der Waals surface area contributed by atoms with Gasteiger partial charge in [0.1, 0.15) is 0 Å². The highest BCUT2D eigenvalue weighted by atomic mass is 16.2. The minimum Gasteiger partial charge on any atom is -0.304 e. The molecule has 24 heavy (non-hydrogen) atoms. The third-order valence-corrected chi connectivity index (χ3v) is 4.55. The Bertz CT molecular complexity index is 702. The number of hydrogen-bond donors (Lipinski definition) is 1. The van der Waals surface area contributed by atoms with E-state index in [1.807, 2.05) is 41.7 Å². The number of aromatic nitrogens is 2. The first kappa shape index (κ1) is 16.7. The van der Waals surface area contributed by atoms with Crippen molar-refractivity contribution in [1.29, 1.82) is 0 Å². The van der Waals surface area contributed by atoms with E-state index >= 15 is 0 Å². The molecule has 0 spiro atoms. The van der Waals surface area contributed by atoms with E-state index in [1.165, 1.54) is 5.56 Å². The number of rotatable bonds is 4. The van der Waals surface area contributed by atoms with Gasteiger partial charge in [-0.3, -0.25) is 14.9 Å². The summed E-state index contributed by atoms with van der Waals surface area (Å²) in [4.78, 5) is 14.9. The molecule has 1 fully saturated rings. The summed E-state index contributed by atoms with van der Waals surface area (Å²) in [6.45, 7) is 8.15. The summed E-state index contributed by atoms with van der Waals surface area (Å²) in [5.41, 5.74) is 6.57. The number of nitrogens with zero attached hydrogens (tertiary/aromatic N) is 4. The van der Waals surface area contributed by atoms with Gasteiger partial charge in [0, 0.05) is 31.9 Å². The number of likely N-dealkylation sites (N-methyl/N-ethyl adjacent to an activating group) is 1. The summed E-state index contributed by atoms with van der Waals surface area (Å²) < 4.78 is 1.91. The highest BCUT2D eigenvalue weighted by Gasteiger charge is 2.22. The summed E-state index contributed by atoms with van der Waals surface area (Å²) in [5, 5.41) is 6.56. The Kier molecular flexibility index (Phi) is 4.97. The molecule has 1 aromatic carbocycles. The van der Waals surface area contributed by atoms with E-state index in [0.29, 0.717) is 12.1 Å². The number of piperazine rings is 1. The number of hydrazine groups is 1. The lowest BCUT2D eigenvalue weighted by Gasteiger charge is -2.32. The first-order valence-electron chi connectivity index (χ1n) is 8.37. The van der Waals surface area contributed by atoms with Crippen molar-refractivity contribution < 1.29 is 4.79 Å². The fourth-order valence-electron chi connectivity index (χ4n) is 3.05. The van der Waals surface area contributed by atoms with Gasteiger partial charge in [0.15, 0.2) is 0 Å². The van der Waals surface area contributed by atoms with Crippen LogP contribution in [0, 0.1) is 13.8 Å². The van der Waals surface area contributed by atoms with E-state index < -0.39 is 0 Å². The van der Waals surface area contributed by atoms with Crippen LogP contribution in [0.5, 0.6) is 0 Å². The highest BCUT2D eigenvalue weighted by Crippen LogP contribution is 2.15. The van der Waals surface area contributed by atoms with E-state index in [2.05, 4.69) is 34.6 Å². The van der Waals surface area contributed by atoms with Crippen LogP contribution in [0.4, 0.5) is 0 Å². The average molecular weight is 327 g/mol. The van der Waals surface area contributed by atoms with Crippen LogP contribution >= 0.6 is 0 Å². The molecule has 1 saturated heterocycles. The van der Waals surface area contributed by atoms with Crippen LogP contribution in [-0.4, -0.2) is 58.8 Å². The molecule has 6 heteroatoms. The lowest BCUT2D eigenvalue weighted by Crippen LogP contribution is -2.52. The molecule has 0 aliphatic carbocycles. The van der Waals surface area contributed by atoms with E-state index in [1.54, 1.807) is 0 Å². The molecule has 1 aliphatic heterocycles. The summed E-state index contributed by atoms with van der Waals surface area (Å²) in [5.74, 6) is -0.0612. The summed E-state index contributed by atoms with van der Waals surface area (Å²) in [7, 11) is 2.10. The minimum atomic E-state index is -0.0612. The lowest BCUT2D eigenvalue weighted by atomic mass is 10.2. The number of amides is 1. The number of aryl methyl sites for hydroxylation is 1. The lowest BCUT2D eigenvalue weighted by molar-refractivity contribution is 0.0661. The van der Waals surface area contributed by atoms with Gasteiger partial charge in [-0.2, -0.15) is 5.10 Å². The molecule has 0 atom stereocenters. The Labute approximate surface area is 143 Å². The van der Waals surface area contributed by atoms with Crippen molar-refractivity contribution in [3.8, 4) is 0 Å². The van der Waals surface area contributed by atoms with Gasteiger partial charge >= 0.3 is 0 Å². The third-order valence-electron chi connectivity index (χ3n) is 4.55. The number of carbonyl (C=O) groups is 1. The zero-order valence-corrected chi connectivity index (χ0v) is 14.6. The molecule has 1 amide bonds. The maximum Gasteiger partial charge on any atom is 0.269 e. The van der Waals surface area contributed by atoms with Gasteiger partial charge in [0.2, 0.25) is 0 Å². The standard InChI is InChI=1S/C18H25N5O/c1-14-17(18(24)20-22-11-9-21(3)10-12-22)15(2)23(19-14)13-16-7-5-4-6-8-16/h4-8H,9-13H2,1-3H3,(H,20,24). The van der Waals surface area contributed by atoms with Crippen molar-refractivity contribution in [3.63, 3.8) is 0 Å². The Morgan fingerprint density at radius 3 is 2.46 bits per heavy atom. The third kappa shape index (κ3) is 3.66. The predicted molar refractivity (Wildman–Crippen MR) is 93.8 cm³/mol. The van der Waals surface area contributed by atoms with E-state index in [-0.39, 0.29) is 5.91 Å². The molecule has 128 valence electrons. The molecule has 6 nitrogen and oxygen atoms in total. The van der Waals surface area contributed by atoms with Crippen LogP contribution in [0.25, 0.3) is 0 Å². The van der Waals surface area contributed by atoms with Gasteiger partial charge in [0.25, 0.3) is 5.91 Å². The topological polar surface area (TPSA) is 53.4 Å². The van der Waals surface area contributed by atoms with Crippen LogP contribution in [-0.2, 0) is 6.54 Å². The van der Waals surface area contributed by atoms with Crippen molar-refractivity contribution in [2.75, 3.05) is 33.2 Å². The van der Waals surface area contributed by atoms with Crippen molar-refractivity contribution >= 4 is 5.91 Å². The molecule has 1 aromatic heterocycles. The average Bonchev–Trinajstić information content (AvgIpc) is 2.84. The molecule has 2 heterocycles. The van der Waals surface area contributed by atoms with Gasteiger partial charge in [-0.05, 0) is 26.5 Å². The first-order chi connectivity index (χ1) is 11.5. The summed E-state index contributed by atoms with van der Waals surface area (Å²) in [6.07, 6.45) is 0. The SMILES string of the molecule is Cc1nn(Cc2ccccc2)c(C)c1C(=O)NN1CCN(C)CC1. The first-order valence-corrected chi connectivity index (χ1v) is 8.37. The van der Waals surface area contributed by atoms with Crippen LogP contribution in [0.1, 0.15) is 27.3 Å². The van der Waals surface area contributed by atoms with Crippen molar-refractivity contribution in [2.45, 2.75) is 20.4 Å². The Morgan fingerprint density at radius 1 is 1.12 bits per heavy atom.